The highest BCUT2D eigenvalue weighted by Crippen LogP contribution is 2.26. The molecule has 1 fully saturated rings. The quantitative estimate of drug-likeness (QED) is 0.467. The molecular weight excluding hydrogens is 422 g/mol. The van der Waals surface area contributed by atoms with Crippen molar-refractivity contribution in [2.24, 2.45) is 7.05 Å². The fourth-order valence-electron chi connectivity index (χ4n) is 3.90. The van der Waals surface area contributed by atoms with Gasteiger partial charge in [0.05, 0.1) is 24.6 Å². The molecule has 0 radical (unpaired) electrons. The van der Waals surface area contributed by atoms with Crippen LogP contribution in [0.15, 0.2) is 58.2 Å². The molecule has 1 aliphatic heterocycles. The molecule has 0 amide bonds. The predicted molar refractivity (Wildman–Crippen MR) is 121 cm³/mol. The lowest BCUT2D eigenvalue weighted by Gasteiger charge is -2.26. The van der Waals surface area contributed by atoms with Gasteiger partial charge in [0.2, 0.25) is 17.7 Å². The van der Waals surface area contributed by atoms with Crippen molar-refractivity contribution < 1.29 is 9.26 Å². The molecule has 1 aliphatic rings. The molecule has 33 heavy (non-hydrogen) atoms. The average molecular weight is 445 g/mol. The van der Waals surface area contributed by atoms with Gasteiger partial charge in [0, 0.05) is 50.8 Å². The summed E-state index contributed by atoms with van der Waals surface area (Å²) in [6.45, 7) is 4.18. The molecule has 1 saturated heterocycles. The highest BCUT2D eigenvalue weighted by atomic mass is 16.5. The Morgan fingerprint density at radius 3 is 2.67 bits per heavy atom. The lowest BCUT2D eigenvalue weighted by atomic mass is 9.98. The van der Waals surface area contributed by atoms with Crippen LogP contribution in [0.3, 0.4) is 0 Å². The van der Waals surface area contributed by atoms with Gasteiger partial charge in [-0.15, -0.1) is 0 Å². The maximum atomic E-state index is 12.7. The number of rotatable bonds is 4. The largest absolute Gasteiger partial charge is 0.379 e. The molecule has 0 aliphatic carbocycles. The molecule has 0 N–H and O–H groups in total. The SMILES string of the molecule is Cc1nc(-c2ccc([C@@H]3COCCN(c4nc(-c5ccncn5)cc(=O)n4C)C3)cc2)no1. The summed E-state index contributed by atoms with van der Waals surface area (Å²) in [6.07, 6.45) is 3.08. The minimum atomic E-state index is -0.143. The molecular formula is C23H23N7O3. The molecule has 3 aromatic heterocycles. The number of aromatic nitrogens is 6. The van der Waals surface area contributed by atoms with Gasteiger partial charge < -0.3 is 14.2 Å². The summed E-state index contributed by atoms with van der Waals surface area (Å²) >= 11 is 0. The molecule has 10 heteroatoms. The minimum absolute atomic E-state index is 0.105. The summed E-state index contributed by atoms with van der Waals surface area (Å²) < 4.78 is 12.5. The highest BCUT2D eigenvalue weighted by Gasteiger charge is 2.24. The maximum Gasteiger partial charge on any atom is 0.255 e. The fraction of sp³-hybridized carbons (Fsp3) is 0.304. The summed E-state index contributed by atoms with van der Waals surface area (Å²) in [4.78, 5) is 32.0. The van der Waals surface area contributed by atoms with Crippen LogP contribution in [-0.4, -0.2) is 56.0 Å². The summed E-state index contributed by atoms with van der Waals surface area (Å²) in [5.74, 6) is 1.79. The molecule has 168 valence electrons. The second-order valence-electron chi connectivity index (χ2n) is 7.91. The van der Waals surface area contributed by atoms with E-state index in [1.54, 1.807) is 30.8 Å². The predicted octanol–water partition coefficient (Wildman–Crippen LogP) is 2.22. The van der Waals surface area contributed by atoms with E-state index < -0.39 is 0 Å². The van der Waals surface area contributed by atoms with Crippen molar-refractivity contribution in [2.75, 3.05) is 31.2 Å². The smallest absolute Gasteiger partial charge is 0.255 e. The third-order valence-electron chi connectivity index (χ3n) is 5.67. The molecule has 0 bridgehead atoms. The van der Waals surface area contributed by atoms with Crippen LogP contribution in [-0.2, 0) is 11.8 Å². The number of anilines is 1. The summed E-state index contributed by atoms with van der Waals surface area (Å²) in [5.41, 5.74) is 3.01. The van der Waals surface area contributed by atoms with E-state index in [0.29, 0.717) is 55.4 Å². The summed E-state index contributed by atoms with van der Waals surface area (Å²) in [7, 11) is 1.73. The first kappa shape index (κ1) is 21.0. The Balaban J connectivity index is 1.43. The van der Waals surface area contributed by atoms with Gasteiger partial charge in [-0.2, -0.15) is 4.98 Å². The van der Waals surface area contributed by atoms with E-state index in [1.807, 2.05) is 12.1 Å². The number of hydrogen-bond donors (Lipinski definition) is 0. The van der Waals surface area contributed by atoms with Gasteiger partial charge in [0.1, 0.15) is 6.33 Å². The van der Waals surface area contributed by atoms with E-state index in [2.05, 4.69) is 37.1 Å². The lowest BCUT2D eigenvalue weighted by molar-refractivity contribution is 0.142. The Morgan fingerprint density at radius 1 is 1.09 bits per heavy atom. The van der Waals surface area contributed by atoms with Crippen LogP contribution in [0.25, 0.3) is 22.8 Å². The normalized spacial score (nSPS) is 16.5. The van der Waals surface area contributed by atoms with Crippen molar-refractivity contribution in [2.45, 2.75) is 12.8 Å². The monoisotopic (exact) mass is 445 g/mol. The van der Waals surface area contributed by atoms with Crippen molar-refractivity contribution in [3.63, 3.8) is 0 Å². The van der Waals surface area contributed by atoms with Crippen LogP contribution in [0, 0.1) is 6.92 Å². The highest BCUT2D eigenvalue weighted by molar-refractivity contribution is 5.56. The summed E-state index contributed by atoms with van der Waals surface area (Å²) in [5, 5.41) is 3.98. The second kappa shape index (κ2) is 8.91. The Kier molecular flexibility index (Phi) is 5.66. The number of ether oxygens (including phenoxy) is 1. The van der Waals surface area contributed by atoms with Crippen molar-refractivity contribution in [3.05, 3.63) is 70.7 Å². The Hall–Kier alpha value is -3.92. The van der Waals surface area contributed by atoms with Crippen LogP contribution < -0.4 is 10.5 Å². The van der Waals surface area contributed by atoms with E-state index in [9.17, 15) is 4.79 Å². The molecule has 1 atom stereocenters. The Bertz CT molecular complexity index is 1300. The van der Waals surface area contributed by atoms with Crippen LogP contribution >= 0.6 is 0 Å². The van der Waals surface area contributed by atoms with Gasteiger partial charge in [-0.3, -0.25) is 9.36 Å². The zero-order valence-corrected chi connectivity index (χ0v) is 18.4. The van der Waals surface area contributed by atoms with Gasteiger partial charge in [0.25, 0.3) is 5.56 Å². The molecule has 5 rings (SSSR count). The number of hydrogen-bond acceptors (Lipinski definition) is 9. The van der Waals surface area contributed by atoms with Crippen LogP contribution in [0.5, 0.6) is 0 Å². The standard InChI is InChI=1S/C23H23N7O3/c1-15-26-22(28-33-15)17-5-3-16(4-6-17)18-12-30(9-10-32-13-18)23-27-20(11-21(31)29(23)2)19-7-8-24-14-25-19/h3-8,11,14,18H,9-10,12-13H2,1-2H3/t18-/m0/s1. The third kappa shape index (κ3) is 4.37. The molecule has 4 aromatic rings. The van der Waals surface area contributed by atoms with Crippen molar-refractivity contribution >= 4 is 5.95 Å². The van der Waals surface area contributed by atoms with Gasteiger partial charge >= 0.3 is 0 Å². The molecule has 10 nitrogen and oxygen atoms in total. The van der Waals surface area contributed by atoms with Crippen LogP contribution in [0.4, 0.5) is 5.95 Å². The topological polar surface area (TPSA) is 112 Å². The lowest BCUT2D eigenvalue weighted by Crippen LogP contribution is -2.35. The number of benzene rings is 1. The first-order valence-electron chi connectivity index (χ1n) is 10.7. The van der Waals surface area contributed by atoms with Crippen molar-refractivity contribution in [1.29, 1.82) is 0 Å². The van der Waals surface area contributed by atoms with E-state index in [1.165, 1.54) is 12.4 Å². The Labute approximate surface area is 189 Å². The minimum Gasteiger partial charge on any atom is -0.379 e. The molecule has 4 heterocycles. The van der Waals surface area contributed by atoms with Gasteiger partial charge in [-0.1, -0.05) is 29.4 Å². The van der Waals surface area contributed by atoms with Gasteiger partial charge in [0.15, 0.2) is 0 Å². The molecule has 0 unspecified atom stereocenters. The average Bonchev–Trinajstić information content (AvgIpc) is 3.13. The number of aryl methyl sites for hydroxylation is 1. The molecule has 1 aromatic carbocycles. The van der Waals surface area contributed by atoms with E-state index in [4.69, 9.17) is 14.2 Å². The van der Waals surface area contributed by atoms with Crippen LogP contribution in [0.2, 0.25) is 0 Å². The zero-order valence-electron chi connectivity index (χ0n) is 18.4. The van der Waals surface area contributed by atoms with E-state index >= 15 is 0 Å². The van der Waals surface area contributed by atoms with Crippen LogP contribution in [0.1, 0.15) is 17.4 Å². The Morgan fingerprint density at radius 2 is 1.94 bits per heavy atom. The van der Waals surface area contributed by atoms with E-state index in [0.717, 1.165) is 11.1 Å². The van der Waals surface area contributed by atoms with Gasteiger partial charge in [-0.05, 0) is 11.6 Å². The molecule has 0 saturated carbocycles. The first-order valence-corrected chi connectivity index (χ1v) is 10.7. The number of nitrogens with zero attached hydrogens (tertiary/aromatic N) is 7. The first-order chi connectivity index (χ1) is 16.1. The second-order valence-corrected chi connectivity index (χ2v) is 7.91. The maximum absolute atomic E-state index is 12.7. The zero-order chi connectivity index (χ0) is 22.8. The van der Waals surface area contributed by atoms with E-state index in [-0.39, 0.29) is 11.5 Å². The third-order valence-corrected chi connectivity index (χ3v) is 5.67. The summed E-state index contributed by atoms with van der Waals surface area (Å²) in [6, 6.07) is 11.3. The van der Waals surface area contributed by atoms with Crippen molar-refractivity contribution in [3.8, 4) is 22.8 Å². The fourth-order valence-corrected chi connectivity index (χ4v) is 3.90. The van der Waals surface area contributed by atoms with Crippen molar-refractivity contribution in [1.82, 2.24) is 29.7 Å². The molecule has 0 spiro atoms. The van der Waals surface area contributed by atoms with Gasteiger partial charge in [-0.25, -0.2) is 15.0 Å².